The number of nitrogens with one attached hydrogen (secondary N) is 1. The van der Waals surface area contributed by atoms with Gasteiger partial charge in [0, 0.05) is 0 Å². The molecule has 23 heavy (non-hydrogen) atoms. The molecule has 6 nitrogen and oxygen atoms in total. The van der Waals surface area contributed by atoms with E-state index in [-0.39, 0.29) is 11.9 Å². The number of amides is 3. The van der Waals surface area contributed by atoms with Crippen molar-refractivity contribution in [2.75, 3.05) is 11.5 Å². The fraction of sp³-hybridized carbons (Fsp3) is 0.471. The van der Waals surface area contributed by atoms with Crippen LogP contribution in [0.4, 0.5) is 10.5 Å². The molecule has 1 N–H and O–H groups in total. The van der Waals surface area contributed by atoms with Crippen LogP contribution in [0.5, 0.6) is 0 Å². The molecular formula is C17H20N2O4. The van der Waals surface area contributed by atoms with Crippen LogP contribution in [0.15, 0.2) is 24.3 Å². The Morgan fingerprint density at radius 3 is 2.43 bits per heavy atom. The van der Waals surface area contributed by atoms with Gasteiger partial charge < -0.3 is 10.1 Å². The lowest BCUT2D eigenvalue weighted by molar-refractivity contribution is -0.123. The zero-order chi connectivity index (χ0) is 16.4. The van der Waals surface area contributed by atoms with Gasteiger partial charge in [0.05, 0.1) is 17.9 Å². The normalized spacial score (nSPS) is 19.8. The highest BCUT2D eigenvalue weighted by Gasteiger charge is 2.51. The monoisotopic (exact) mass is 316 g/mol. The van der Waals surface area contributed by atoms with E-state index in [1.165, 1.54) is 4.90 Å². The van der Waals surface area contributed by atoms with Crippen LogP contribution >= 0.6 is 0 Å². The van der Waals surface area contributed by atoms with Crippen LogP contribution < -0.4 is 10.2 Å². The zero-order valence-electron chi connectivity index (χ0n) is 13.1. The van der Waals surface area contributed by atoms with E-state index in [2.05, 4.69) is 5.32 Å². The molecule has 3 rings (SSSR count). The first kappa shape index (κ1) is 15.5. The van der Waals surface area contributed by atoms with Crippen LogP contribution in [0.2, 0.25) is 0 Å². The first-order chi connectivity index (χ1) is 11.1. The summed E-state index contributed by atoms with van der Waals surface area (Å²) in [7, 11) is 0. The molecule has 1 aromatic rings. The quantitative estimate of drug-likeness (QED) is 0.687. The lowest BCUT2D eigenvalue weighted by Gasteiger charge is -2.30. The van der Waals surface area contributed by atoms with Crippen LogP contribution in [-0.2, 0) is 9.53 Å². The molecule has 1 aliphatic carbocycles. The van der Waals surface area contributed by atoms with Crippen molar-refractivity contribution in [2.45, 2.75) is 44.6 Å². The number of hydrogen-bond donors (Lipinski definition) is 1. The fourth-order valence-corrected chi connectivity index (χ4v) is 3.31. The molecule has 1 saturated carbocycles. The Morgan fingerprint density at radius 1 is 1.17 bits per heavy atom. The van der Waals surface area contributed by atoms with Crippen LogP contribution in [0.3, 0.4) is 0 Å². The smallest absolute Gasteiger partial charge is 0.338 e. The number of nitrogens with zero attached hydrogens (tertiary/aromatic N) is 1. The molecule has 0 aromatic heterocycles. The third kappa shape index (κ3) is 2.69. The molecule has 1 aliphatic heterocycles. The van der Waals surface area contributed by atoms with Gasteiger partial charge in [-0.1, -0.05) is 19.3 Å². The minimum Gasteiger partial charge on any atom is -0.462 e. The Labute approximate surface area is 134 Å². The number of rotatable bonds is 3. The van der Waals surface area contributed by atoms with Crippen molar-refractivity contribution in [1.82, 2.24) is 5.32 Å². The first-order valence-corrected chi connectivity index (χ1v) is 8.01. The Balaban J connectivity index is 1.82. The molecule has 0 bridgehead atoms. The van der Waals surface area contributed by atoms with Gasteiger partial charge in [0.25, 0.3) is 5.91 Å². The second kappa shape index (κ2) is 6.02. The van der Waals surface area contributed by atoms with Crippen molar-refractivity contribution in [3.05, 3.63) is 29.8 Å². The number of imide groups is 1. The van der Waals surface area contributed by atoms with Crippen molar-refractivity contribution in [1.29, 1.82) is 0 Å². The SMILES string of the molecule is CCOC(=O)c1ccc(N2C(=O)NC3(CCCCC3)C2=O)cc1. The maximum Gasteiger partial charge on any atom is 0.338 e. The van der Waals surface area contributed by atoms with Gasteiger partial charge in [-0.25, -0.2) is 14.5 Å². The highest BCUT2D eigenvalue weighted by Crippen LogP contribution is 2.35. The molecule has 0 radical (unpaired) electrons. The number of benzene rings is 1. The van der Waals surface area contributed by atoms with E-state index in [0.717, 1.165) is 19.3 Å². The Kier molecular flexibility index (Phi) is 4.07. The molecule has 0 atom stereocenters. The van der Waals surface area contributed by atoms with Crippen molar-refractivity contribution >= 4 is 23.6 Å². The third-order valence-corrected chi connectivity index (χ3v) is 4.51. The predicted molar refractivity (Wildman–Crippen MR) is 84.2 cm³/mol. The van der Waals surface area contributed by atoms with Crippen LogP contribution in [0, 0.1) is 0 Å². The summed E-state index contributed by atoms with van der Waals surface area (Å²) in [6, 6.07) is 5.96. The third-order valence-electron chi connectivity index (χ3n) is 4.51. The summed E-state index contributed by atoms with van der Waals surface area (Å²) in [6.45, 7) is 2.04. The molecule has 3 amide bonds. The molecule has 2 fully saturated rings. The summed E-state index contributed by atoms with van der Waals surface area (Å²) in [5.41, 5.74) is 0.132. The van der Waals surface area contributed by atoms with E-state index >= 15 is 0 Å². The highest BCUT2D eigenvalue weighted by atomic mass is 16.5. The second-order valence-corrected chi connectivity index (χ2v) is 5.98. The summed E-state index contributed by atoms with van der Waals surface area (Å²) in [6.07, 6.45) is 4.37. The summed E-state index contributed by atoms with van der Waals surface area (Å²) in [5.74, 6) is -0.605. The lowest BCUT2D eigenvalue weighted by Crippen LogP contribution is -2.48. The molecule has 2 aliphatic rings. The molecular weight excluding hydrogens is 296 g/mol. The minimum absolute atomic E-state index is 0.189. The van der Waals surface area contributed by atoms with Gasteiger partial charge >= 0.3 is 12.0 Å². The van der Waals surface area contributed by atoms with Gasteiger partial charge in [0.1, 0.15) is 5.54 Å². The predicted octanol–water partition coefficient (Wildman–Crippen LogP) is 2.62. The van der Waals surface area contributed by atoms with Crippen LogP contribution in [0.25, 0.3) is 0 Å². The molecule has 1 spiro atoms. The van der Waals surface area contributed by atoms with Crippen LogP contribution in [0.1, 0.15) is 49.4 Å². The largest absolute Gasteiger partial charge is 0.462 e. The average Bonchev–Trinajstić information content (AvgIpc) is 2.79. The van der Waals surface area contributed by atoms with Gasteiger partial charge in [-0.2, -0.15) is 0 Å². The summed E-state index contributed by atoms with van der Waals surface area (Å²) in [4.78, 5) is 37.9. The molecule has 0 unspecified atom stereocenters. The van der Waals surface area contributed by atoms with Crippen molar-refractivity contribution < 1.29 is 19.1 Å². The highest BCUT2D eigenvalue weighted by molar-refractivity contribution is 6.23. The van der Waals surface area contributed by atoms with Gasteiger partial charge in [0.15, 0.2) is 0 Å². The number of urea groups is 1. The van der Waals surface area contributed by atoms with Crippen molar-refractivity contribution in [3.8, 4) is 0 Å². The number of esters is 1. The second-order valence-electron chi connectivity index (χ2n) is 5.98. The fourth-order valence-electron chi connectivity index (χ4n) is 3.31. The average molecular weight is 316 g/mol. The van der Waals surface area contributed by atoms with E-state index in [9.17, 15) is 14.4 Å². The van der Waals surface area contributed by atoms with E-state index in [0.29, 0.717) is 30.7 Å². The summed E-state index contributed by atoms with van der Waals surface area (Å²) in [5, 5.41) is 2.87. The van der Waals surface area contributed by atoms with Gasteiger partial charge in [-0.15, -0.1) is 0 Å². The standard InChI is InChI=1S/C17H20N2O4/c1-2-23-14(20)12-6-8-13(9-7-12)19-15(21)17(18-16(19)22)10-4-3-5-11-17/h6-9H,2-5,10-11H2,1H3,(H,18,22). The Hall–Kier alpha value is -2.37. The number of carbonyl (C=O) groups is 3. The molecule has 1 aromatic carbocycles. The molecule has 1 saturated heterocycles. The van der Waals surface area contributed by atoms with Crippen molar-refractivity contribution in [2.24, 2.45) is 0 Å². The van der Waals surface area contributed by atoms with Gasteiger partial charge in [0.2, 0.25) is 0 Å². The van der Waals surface area contributed by atoms with Crippen molar-refractivity contribution in [3.63, 3.8) is 0 Å². The van der Waals surface area contributed by atoms with E-state index in [1.807, 2.05) is 0 Å². The molecule has 122 valence electrons. The topological polar surface area (TPSA) is 75.7 Å². The van der Waals surface area contributed by atoms with E-state index in [4.69, 9.17) is 4.74 Å². The maximum absolute atomic E-state index is 12.8. The number of anilines is 1. The summed E-state index contributed by atoms with van der Waals surface area (Å²) < 4.78 is 4.93. The van der Waals surface area contributed by atoms with Gasteiger partial charge in [-0.3, -0.25) is 4.79 Å². The number of carbonyl (C=O) groups excluding carboxylic acids is 3. The Bertz CT molecular complexity index is 632. The summed E-state index contributed by atoms with van der Waals surface area (Å²) >= 11 is 0. The van der Waals surface area contributed by atoms with E-state index < -0.39 is 11.5 Å². The first-order valence-electron chi connectivity index (χ1n) is 8.01. The number of hydrogen-bond acceptors (Lipinski definition) is 4. The Morgan fingerprint density at radius 2 is 1.83 bits per heavy atom. The maximum atomic E-state index is 12.8. The minimum atomic E-state index is -0.741. The number of ether oxygens (including phenoxy) is 1. The zero-order valence-corrected chi connectivity index (χ0v) is 13.1. The lowest BCUT2D eigenvalue weighted by atomic mass is 9.81. The van der Waals surface area contributed by atoms with Crippen LogP contribution in [-0.4, -0.2) is 30.1 Å². The molecule has 6 heteroatoms. The van der Waals surface area contributed by atoms with Gasteiger partial charge in [-0.05, 0) is 44.0 Å². The molecule has 1 heterocycles. The van der Waals surface area contributed by atoms with E-state index in [1.54, 1.807) is 31.2 Å².